The molecule has 1 aromatic carbocycles. The Morgan fingerprint density at radius 1 is 1.37 bits per heavy atom. The van der Waals surface area contributed by atoms with E-state index < -0.39 is 4.92 Å². The molecule has 0 bridgehead atoms. The average Bonchev–Trinajstić information content (AvgIpc) is 2.42. The monoisotopic (exact) mass is 280 g/mol. The molecule has 0 aliphatic heterocycles. The average molecular weight is 281 g/mol. The van der Waals surface area contributed by atoms with Gasteiger partial charge in [-0.2, -0.15) is 4.98 Å². The lowest BCUT2D eigenvalue weighted by atomic mass is 10.3. The molecule has 1 heterocycles. The van der Waals surface area contributed by atoms with Crippen molar-refractivity contribution in [3.8, 4) is 11.6 Å². The predicted octanol–water partition coefficient (Wildman–Crippen LogP) is 2.87. The van der Waals surface area contributed by atoms with Gasteiger partial charge in [-0.3, -0.25) is 10.1 Å². The van der Waals surface area contributed by atoms with Crippen LogP contribution >= 0.6 is 11.6 Å². The molecule has 2 aromatic rings. The molecule has 19 heavy (non-hydrogen) atoms. The number of hydrogen-bond acceptors (Lipinski definition) is 6. The molecular formula is C11H9ClN4O3. The quantitative estimate of drug-likeness (QED) is 0.684. The zero-order valence-electron chi connectivity index (χ0n) is 9.83. The fraction of sp³-hybridized carbons (Fsp3) is 0.0909. The first-order valence-corrected chi connectivity index (χ1v) is 5.60. The molecule has 98 valence electrons. The highest BCUT2D eigenvalue weighted by Crippen LogP contribution is 2.28. The number of nitro groups is 1. The van der Waals surface area contributed by atoms with Gasteiger partial charge in [-0.05, 0) is 12.1 Å². The molecule has 0 atom stereocenters. The summed E-state index contributed by atoms with van der Waals surface area (Å²) in [4.78, 5) is 18.0. The third kappa shape index (κ3) is 3.08. The number of non-ortho nitro benzene ring substituents is 1. The van der Waals surface area contributed by atoms with Crippen LogP contribution in [0.25, 0.3) is 0 Å². The van der Waals surface area contributed by atoms with Crippen LogP contribution in [0.2, 0.25) is 5.02 Å². The van der Waals surface area contributed by atoms with Crippen LogP contribution in [-0.2, 0) is 0 Å². The van der Waals surface area contributed by atoms with E-state index in [-0.39, 0.29) is 16.6 Å². The number of benzene rings is 1. The van der Waals surface area contributed by atoms with Crippen LogP contribution in [-0.4, -0.2) is 21.9 Å². The number of nitrogens with zero attached hydrogens (tertiary/aromatic N) is 3. The summed E-state index contributed by atoms with van der Waals surface area (Å²) < 4.78 is 5.44. The first kappa shape index (κ1) is 13.0. The van der Waals surface area contributed by atoms with Crippen LogP contribution in [0.5, 0.6) is 11.6 Å². The van der Waals surface area contributed by atoms with E-state index in [0.717, 1.165) is 0 Å². The zero-order valence-corrected chi connectivity index (χ0v) is 10.6. The van der Waals surface area contributed by atoms with Gasteiger partial charge < -0.3 is 10.1 Å². The summed E-state index contributed by atoms with van der Waals surface area (Å²) in [5.74, 6) is 0.935. The lowest BCUT2D eigenvalue weighted by Gasteiger charge is -2.07. The maximum absolute atomic E-state index is 10.5. The van der Waals surface area contributed by atoms with Gasteiger partial charge in [-0.25, -0.2) is 4.98 Å². The number of hydrogen-bond donors (Lipinski definition) is 1. The van der Waals surface area contributed by atoms with Crippen molar-refractivity contribution in [1.82, 2.24) is 9.97 Å². The molecule has 7 nitrogen and oxygen atoms in total. The van der Waals surface area contributed by atoms with Gasteiger partial charge in [0.15, 0.2) is 0 Å². The summed E-state index contributed by atoms with van der Waals surface area (Å²) in [6, 6.07) is 5.61. The van der Waals surface area contributed by atoms with Gasteiger partial charge in [0, 0.05) is 19.2 Å². The van der Waals surface area contributed by atoms with Crippen molar-refractivity contribution in [1.29, 1.82) is 0 Å². The van der Waals surface area contributed by atoms with Gasteiger partial charge in [-0.15, -0.1) is 0 Å². The van der Waals surface area contributed by atoms with Crippen molar-refractivity contribution in [2.45, 2.75) is 0 Å². The summed E-state index contributed by atoms with van der Waals surface area (Å²) >= 11 is 5.90. The van der Waals surface area contributed by atoms with Gasteiger partial charge in [0.1, 0.15) is 10.8 Å². The van der Waals surface area contributed by atoms with Crippen molar-refractivity contribution in [2.24, 2.45) is 0 Å². The van der Waals surface area contributed by atoms with Crippen LogP contribution in [0, 0.1) is 10.1 Å². The molecule has 0 radical (unpaired) electrons. The second-order valence-electron chi connectivity index (χ2n) is 3.45. The van der Waals surface area contributed by atoms with Gasteiger partial charge >= 0.3 is 0 Å². The molecular weight excluding hydrogens is 272 g/mol. The Labute approximate surface area is 113 Å². The predicted molar refractivity (Wildman–Crippen MR) is 69.8 cm³/mol. The molecule has 2 rings (SSSR count). The van der Waals surface area contributed by atoms with Gasteiger partial charge in [-0.1, -0.05) is 11.6 Å². The molecule has 0 fully saturated rings. The maximum atomic E-state index is 10.5. The van der Waals surface area contributed by atoms with Gasteiger partial charge in [0.2, 0.25) is 11.8 Å². The first-order chi connectivity index (χ1) is 9.10. The van der Waals surface area contributed by atoms with E-state index in [4.69, 9.17) is 16.3 Å². The fourth-order valence-electron chi connectivity index (χ4n) is 1.29. The second kappa shape index (κ2) is 5.49. The maximum Gasteiger partial charge on any atom is 0.269 e. The SMILES string of the molecule is CNc1ncc(Cl)c(Oc2ccc([N+](=O)[O-])cc2)n1. The number of halogens is 1. The minimum Gasteiger partial charge on any atom is -0.437 e. The minimum absolute atomic E-state index is 0.0166. The van der Waals surface area contributed by atoms with Crippen molar-refractivity contribution in [3.05, 3.63) is 45.6 Å². The first-order valence-electron chi connectivity index (χ1n) is 5.23. The van der Waals surface area contributed by atoms with E-state index in [2.05, 4.69) is 15.3 Å². The number of ether oxygens (including phenoxy) is 1. The van der Waals surface area contributed by atoms with Crippen LogP contribution in [0.4, 0.5) is 11.6 Å². The lowest BCUT2D eigenvalue weighted by molar-refractivity contribution is -0.384. The fourth-order valence-corrected chi connectivity index (χ4v) is 1.42. The topological polar surface area (TPSA) is 90.2 Å². The molecule has 1 N–H and O–H groups in total. The minimum atomic E-state index is -0.486. The van der Waals surface area contributed by atoms with Crippen LogP contribution in [0.3, 0.4) is 0 Å². The van der Waals surface area contributed by atoms with E-state index in [1.807, 2.05) is 0 Å². The van der Waals surface area contributed by atoms with E-state index in [0.29, 0.717) is 11.7 Å². The Bertz CT molecular complexity index is 603. The Morgan fingerprint density at radius 2 is 2.05 bits per heavy atom. The van der Waals surface area contributed by atoms with E-state index in [1.165, 1.54) is 30.5 Å². The Hall–Kier alpha value is -2.41. The van der Waals surface area contributed by atoms with Crippen molar-refractivity contribution < 1.29 is 9.66 Å². The number of nitro benzene ring substituents is 1. The van der Waals surface area contributed by atoms with Crippen molar-refractivity contribution in [2.75, 3.05) is 12.4 Å². The highest BCUT2D eigenvalue weighted by atomic mass is 35.5. The number of nitrogens with one attached hydrogen (secondary N) is 1. The van der Waals surface area contributed by atoms with E-state index in [9.17, 15) is 10.1 Å². The van der Waals surface area contributed by atoms with Crippen molar-refractivity contribution in [3.63, 3.8) is 0 Å². The Kier molecular flexibility index (Phi) is 3.76. The van der Waals surface area contributed by atoms with Gasteiger partial charge in [0.25, 0.3) is 5.69 Å². The summed E-state index contributed by atoms with van der Waals surface area (Å²) in [6.45, 7) is 0. The third-order valence-electron chi connectivity index (χ3n) is 2.20. The van der Waals surface area contributed by atoms with Crippen molar-refractivity contribution >= 4 is 23.2 Å². The molecule has 0 saturated carbocycles. The second-order valence-corrected chi connectivity index (χ2v) is 3.86. The molecule has 0 amide bonds. The third-order valence-corrected chi connectivity index (χ3v) is 2.46. The van der Waals surface area contributed by atoms with Crippen LogP contribution < -0.4 is 10.1 Å². The summed E-state index contributed by atoms with van der Waals surface area (Å²) in [6.07, 6.45) is 1.40. The lowest BCUT2D eigenvalue weighted by Crippen LogP contribution is -1.98. The largest absolute Gasteiger partial charge is 0.437 e. The Morgan fingerprint density at radius 3 is 2.63 bits per heavy atom. The summed E-state index contributed by atoms with van der Waals surface area (Å²) in [7, 11) is 1.67. The number of rotatable bonds is 4. The zero-order chi connectivity index (χ0) is 13.8. The molecule has 0 aliphatic rings. The molecule has 1 aromatic heterocycles. The van der Waals surface area contributed by atoms with E-state index >= 15 is 0 Å². The van der Waals surface area contributed by atoms with Gasteiger partial charge in [0.05, 0.1) is 11.1 Å². The smallest absolute Gasteiger partial charge is 0.269 e. The number of anilines is 1. The van der Waals surface area contributed by atoms with Crippen LogP contribution in [0.15, 0.2) is 30.5 Å². The molecule has 0 spiro atoms. The Balaban J connectivity index is 2.23. The normalized spacial score (nSPS) is 10.0. The highest BCUT2D eigenvalue weighted by Gasteiger charge is 2.09. The summed E-state index contributed by atoms with van der Waals surface area (Å²) in [5, 5.41) is 13.5. The molecule has 0 saturated heterocycles. The molecule has 0 unspecified atom stereocenters. The molecule has 0 aliphatic carbocycles. The van der Waals surface area contributed by atoms with E-state index in [1.54, 1.807) is 7.05 Å². The summed E-state index contributed by atoms with van der Waals surface area (Å²) in [5.41, 5.74) is -0.0166. The number of aromatic nitrogens is 2. The molecule has 8 heteroatoms. The standard InChI is InChI=1S/C11H9ClN4O3/c1-13-11-14-6-9(12)10(15-11)19-8-4-2-7(3-5-8)16(17)18/h2-6H,1H3,(H,13,14,15). The van der Waals surface area contributed by atoms with Crippen LogP contribution in [0.1, 0.15) is 0 Å². The highest BCUT2D eigenvalue weighted by molar-refractivity contribution is 6.31.